The first-order valence-corrected chi connectivity index (χ1v) is 6.48. The number of rotatable bonds is 1. The Morgan fingerprint density at radius 2 is 2.29 bits per heavy atom. The van der Waals surface area contributed by atoms with E-state index in [-0.39, 0.29) is 17.7 Å². The lowest BCUT2D eigenvalue weighted by atomic mass is 9.87. The number of hydrogen-bond acceptors (Lipinski definition) is 3. The van der Waals surface area contributed by atoms with Gasteiger partial charge in [0.15, 0.2) is 0 Å². The third-order valence-corrected chi connectivity index (χ3v) is 3.87. The predicted octanol–water partition coefficient (Wildman–Crippen LogP) is 1.42. The lowest BCUT2D eigenvalue weighted by Gasteiger charge is -2.36. The van der Waals surface area contributed by atoms with Gasteiger partial charge in [0.05, 0.1) is 12.0 Å². The Labute approximate surface area is 103 Å². The Bertz CT molecular complexity index is 324. The summed E-state index contributed by atoms with van der Waals surface area (Å²) in [4.78, 5) is 14.3. The van der Waals surface area contributed by atoms with E-state index in [1.165, 1.54) is 0 Å². The average Bonchev–Trinajstić information content (AvgIpc) is 2.38. The van der Waals surface area contributed by atoms with E-state index in [2.05, 4.69) is 13.0 Å². The van der Waals surface area contributed by atoms with Gasteiger partial charge in [-0.3, -0.25) is 4.79 Å². The van der Waals surface area contributed by atoms with Gasteiger partial charge in [0.2, 0.25) is 5.91 Å². The molecular weight excluding hydrogens is 216 g/mol. The quantitative estimate of drug-likeness (QED) is 0.692. The molecule has 2 fully saturated rings. The van der Waals surface area contributed by atoms with Crippen LogP contribution in [-0.4, -0.2) is 37.1 Å². The second-order valence-corrected chi connectivity index (χ2v) is 5.20. The summed E-state index contributed by atoms with van der Waals surface area (Å²) in [6.45, 7) is 4.90. The second-order valence-electron chi connectivity index (χ2n) is 5.20. The monoisotopic (exact) mass is 236 g/mol. The zero-order chi connectivity index (χ0) is 12.3. The van der Waals surface area contributed by atoms with Crippen molar-refractivity contribution in [3.63, 3.8) is 0 Å². The maximum absolute atomic E-state index is 12.4. The molecule has 0 bridgehead atoms. The summed E-state index contributed by atoms with van der Waals surface area (Å²) in [5.74, 6) is 0.670. The SMILES string of the molecule is CC1COCCC1C(=O)N1CCCC(C#N)C1. The first-order valence-electron chi connectivity index (χ1n) is 6.48. The van der Waals surface area contributed by atoms with E-state index in [4.69, 9.17) is 10.00 Å². The van der Waals surface area contributed by atoms with Crippen LogP contribution in [0.3, 0.4) is 0 Å². The molecule has 3 unspecified atom stereocenters. The van der Waals surface area contributed by atoms with Crippen molar-refractivity contribution in [3.8, 4) is 6.07 Å². The van der Waals surface area contributed by atoms with Crippen molar-refractivity contribution in [3.05, 3.63) is 0 Å². The summed E-state index contributed by atoms with van der Waals surface area (Å²) in [7, 11) is 0. The molecule has 3 atom stereocenters. The lowest BCUT2D eigenvalue weighted by molar-refractivity contribution is -0.142. The van der Waals surface area contributed by atoms with Gasteiger partial charge in [-0.1, -0.05) is 6.92 Å². The van der Waals surface area contributed by atoms with Gasteiger partial charge in [-0.05, 0) is 25.2 Å². The Morgan fingerprint density at radius 3 is 3.00 bits per heavy atom. The number of nitrogens with zero attached hydrogens (tertiary/aromatic N) is 2. The van der Waals surface area contributed by atoms with E-state index in [1.807, 2.05) is 4.90 Å². The van der Waals surface area contributed by atoms with Crippen LogP contribution in [0.4, 0.5) is 0 Å². The molecule has 0 aromatic heterocycles. The summed E-state index contributed by atoms with van der Waals surface area (Å²) in [5, 5.41) is 8.94. The maximum atomic E-state index is 12.4. The van der Waals surface area contributed by atoms with Crippen molar-refractivity contribution in [2.24, 2.45) is 17.8 Å². The molecule has 94 valence electrons. The molecule has 0 N–H and O–H groups in total. The largest absolute Gasteiger partial charge is 0.381 e. The fourth-order valence-corrected chi connectivity index (χ4v) is 2.76. The first-order chi connectivity index (χ1) is 8.22. The van der Waals surface area contributed by atoms with Crippen LogP contribution in [0.2, 0.25) is 0 Å². The minimum Gasteiger partial charge on any atom is -0.381 e. The number of amides is 1. The first kappa shape index (κ1) is 12.4. The number of carbonyl (C=O) groups excluding carboxylic acids is 1. The third kappa shape index (κ3) is 2.78. The molecule has 2 aliphatic rings. The molecule has 17 heavy (non-hydrogen) atoms. The van der Waals surface area contributed by atoms with Crippen molar-refractivity contribution >= 4 is 5.91 Å². The van der Waals surface area contributed by atoms with Crippen molar-refractivity contribution < 1.29 is 9.53 Å². The fourth-order valence-electron chi connectivity index (χ4n) is 2.76. The van der Waals surface area contributed by atoms with Gasteiger partial charge >= 0.3 is 0 Å². The van der Waals surface area contributed by atoms with Gasteiger partial charge in [0.1, 0.15) is 0 Å². The standard InChI is InChI=1S/C13H20N2O2/c1-10-9-17-6-4-12(10)13(16)15-5-2-3-11(7-14)8-15/h10-12H,2-6,8-9H2,1H3. The van der Waals surface area contributed by atoms with E-state index in [1.54, 1.807) is 0 Å². The second kappa shape index (κ2) is 5.50. The van der Waals surface area contributed by atoms with Crippen molar-refractivity contribution in [2.75, 3.05) is 26.3 Å². The summed E-state index contributed by atoms with van der Waals surface area (Å²) in [6.07, 6.45) is 2.72. The van der Waals surface area contributed by atoms with Crippen LogP contribution < -0.4 is 0 Å². The number of hydrogen-bond donors (Lipinski definition) is 0. The number of carbonyl (C=O) groups is 1. The number of piperidine rings is 1. The molecule has 4 heteroatoms. The Hall–Kier alpha value is -1.08. The van der Waals surface area contributed by atoms with Crippen LogP contribution >= 0.6 is 0 Å². The molecule has 2 aliphatic heterocycles. The molecule has 2 heterocycles. The Kier molecular flexibility index (Phi) is 4.01. The topological polar surface area (TPSA) is 53.3 Å². The average molecular weight is 236 g/mol. The fraction of sp³-hybridized carbons (Fsp3) is 0.846. The van der Waals surface area contributed by atoms with Crippen LogP contribution in [0.25, 0.3) is 0 Å². The van der Waals surface area contributed by atoms with E-state index in [0.717, 1.165) is 25.8 Å². The summed E-state index contributed by atoms with van der Waals surface area (Å²) in [5.41, 5.74) is 0. The Balaban J connectivity index is 1.96. The van der Waals surface area contributed by atoms with Crippen LogP contribution in [0.1, 0.15) is 26.2 Å². The van der Waals surface area contributed by atoms with E-state index >= 15 is 0 Å². The van der Waals surface area contributed by atoms with Gasteiger partial charge in [0.25, 0.3) is 0 Å². The lowest BCUT2D eigenvalue weighted by Crippen LogP contribution is -2.46. The van der Waals surface area contributed by atoms with Gasteiger partial charge in [0, 0.05) is 32.2 Å². The normalized spacial score (nSPS) is 34.1. The van der Waals surface area contributed by atoms with E-state index in [0.29, 0.717) is 25.7 Å². The zero-order valence-corrected chi connectivity index (χ0v) is 10.4. The molecular formula is C13H20N2O2. The molecule has 0 aromatic carbocycles. The van der Waals surface area contributed by atoms with Crippen molar-refractivity contribution in [1.82, 2.24) is 4.90 Å². The molecule has 4 nitrogen and oxygen atoms in total. The molecule has 0 aromatic rings. The highest BCUT2D eigenvalue weighted by molar-refractivity contribution is 5.79. The highest BCUT2D eigenvalue weighted by Gasteiger charge is 2.33. The summed E-state index contributed by atoms with van der Waals surface area (Å²) >= 11 is 0. The minimum atomic E-state index is 0.0304. The molecule has 0 aliphatic carbocycles. The predicted molar refractivity (Wildman–Crippen MR) is 63.0 cm³/mol. The Morgan fingerprint density at radius 1 is 1.47 bits per heavy atom. The van der Waals surface area contributed by atoms with Crippen molar-refractivity contribution in [1.29, 1.82) is 5.26 Å². The minimum absolute atomic E-state index is 0.0304. The van der Waals surface area contributed by atoms with Crippen LogP contribution in [0, 0.1) is 29.1 Å². The third-order valence-electron chi connectivity index (χ3n) is 3.87. The number of likely N-dealkylation sites (tertiary alicyclic amines) is 1. The zero-order valence-electron chi connectivity index (χ0n) is 10.4. The smallest absolute Gasteiger partial charge is 0.226 e. The van der Waals surface area contributed by atoms with E-state index in [9.17, 15) is 4.79 Å². The molecule has 0 radical (unpaired) electrons. The summed E-state index contributed by atoms with van der Waals surface area (Å²) in [6, 6.07) is 2.28. The maximum Gasteiger partial charge on any atom is 0.226 e. The van der Waals surface area contributed by atoms with Gasteiger partial charge in [-0.25, -0.2) is 0 Å². The molecule has 0 spiro atoms. The summed E-state index contributed by atoms with van der Waals surface area (Å²) < 4.78 is 5.37. The van der Waals surface area contributed by atoms with Crippen LogP contribution in [-0.2, 0) is 9.53 Å². The van der Waals surface area contributed by atoms with Crippen molar-refractivity contribution in [2.45, 2.75) is 26.2 Å². The van der Waals surface area contributed by atoms with Crippen LogP contribution in [0.5, 0.6) is 0 Å². The highest BCUT2D eigenvalue weighted by atomic mass is 16.5. The number of nitriles is 1. The van der Waals surface area contributed by atoms with Crippen LogP contribution in [0.15, 0.2) is 0 Å². The number of ether oxygens (including phenoxy) is 1. The molecule has 2 saturated heterocycles. The van der Waals surface area contributed by atoms with Gasteiger partial charge in [-0.2, -0.15) is 5.26 Å². The highest BCUT2D eigenvalue weighted by Crippen LogP contribution is 2.26. The van der Waals surface area contributed by atoms with Gasteiger partial charge in [-0.15, -0.1) is 0 Å². The van der Waals surface area contributed by atoms with Gasteiger partial charge < -0.3 is 9.64 Å². The van der Waals surface area contributed by atoms with E-state index < -0.39 is 0 Å². The molecule has 1 amide bonds. The molecule has 2 rings (SSSR count). The molecule has 0 saturated carbocycles.